The van der Waals surface area contributed by atoms with Gasteiger partial charge in [0.1, 0.15) is 0 Å². The Bertz CT molecular complexity index is 372. The second kappa shape index (κ2) is 5.78. The van der Waals surface area contributed by atoms with E-state index in [1.165, 1.54) is 7.05 Å². The zero-order chi connectivity index (χ0) is 13.8. The van der Waals surface area contributed by atoms with Crippen LogP contribution in [0.3, 0.4) is 0 Å². The van der Waals surface area contributed by atoms with E-state index in [2.05, 4.69) is 4.99 Å². The van der Waals surface area contributed by atoms with E-state index < -0.39 is 10.5 Å². The van der Waals surface area contributed by atoms with Crippen LogP contribution in [0.2, 0.25) is 0 Å². The normalized spacial score (nSPS) is 20.9. The molecule has 0 saturated carbocycles. The van der Waals surface area contributed by atoms with Crippen molar-refractivity contribution in [1.82, 2.24) is 4.90 Å². The van der Waals surface area contributed by atoms with Gasteiger partial charge in [0.2, 0.25) is 5.84 Å². The first kappa shape index (κ1) is 14.4. The number of likely N-dealkylation sites (tertiary alicyclic amines) is 1. The monoisotopic (exact) mass is 257 g/mol. The van der Waals surface area contributed by atoms with E-state index in [1.54, 1.807) is 4.90 Å². The molecule has 8 nitrogen and oxygen atoms in total. The molecule has 0 amide bonds. The first-order valence-corrected chi connectivity index (χ1v) is 5.68. The number of hydrogen-bond donors (Lipinski definition) is 3. The van der Waals surface area contributed by atoms with Crippen LogP contribution >= 0.6 is 0 Å². The smallest absolute Gasteiger partial charge is 0.326 e. The summed E-state index contributed by atoms with van der Waals surface area (Å²) in [6, 6.07) is 0. The number of rotatable bonds is 3. The van der Waals surface area contributed by atoms with Crippen molar-refractivity contribution in [2.75, 3.05) is 26.7 Å². The summed E-state index contributed by atoms with van der Waals surface area (Å²) >= 11 is 0. The lowest BCUT2D eigenvalue weighted by molar-refractivity contribution is -0.416. The van der Waals surface area contributed by atoms with E-state index >= 15 is 0 Å². The molecule has 1 rings (SSSR count). The lowest BCUT2D eigenvalue weighted by Gasteiger charge is -2.38. The molecule has 8 heteroatoms. The van der Waals surface area contributed by atoms with Crippen molar-refractivity contribution in [3.63, 3.8) is 0 Å². The van der Waals surface area contributed by atoms with E-state index in [1.807, 2.05) is 0 Å². The Kier molecular flexibility index (Phi) is 4.62. The van der Waals surface area contributed by atoms with Gasteiger partial charge in [-0.25, -0.2) is 0 Å². The molecule has 1 saturated heterocycles. The predicted molar refractivity (Wildman–Crippen MR) is 67.4 cm³/mol. The highest BCUT2D eigenvalue weighted by Gasteiger charge is 2.34. The molecular weight excluding hydrogens is 238 g/mol. The second-order valence-electron chi connectivity index (χ2n) is 4.27. The minimum absolute atomic E-state index is 0.189. The maximum atomic E-state index is 10.8. The van der Waals surface area contributed by atoms with Gasteiger partial charge in [0, 0.05) is 26.7 Å². The molecule has 0 unspecified atom stereocenters. The van der Waals surface area contributed by atoms with E-state index in [0.29, 0.717) is 25.9 Å². The van der Waals surface area contributed by atoms with Crippen molar-refractivity contribution < 1.29 is 10.0 Å². The largest absolute Gasteiger partial charge is 0.399 e. The van der Waals surface area contributed by atoms with Crippen LogP contribution in [0.15, 0.2) is 16.9 Å². The molecule has 1 fully saturated rings. The van der Waals surface area contributed by atoms with Crippen LogP contribution in [0.5, 0.6) is 0 Å². The summed E-state index contributed by atoms with van der Waals surface area (Å²) < 4.78 is 0. The van der Waals surface area contributed by atoms with Gasteiger partial charge in [0.25, 0.3) is 0 Å². The molecule has 5 N–H and O–H groups in total. The molecule has 102 valence electrons. The Morgan fingerprint density at radius 1 is 1.61 bits per heavy atom. The molecule has 18 heavy (non-hydrogen) atoms. The van der Waals surface area contributed by atoms with E-state index in [9.17, 15) is 15.2 Å². The molecule has 0 spiro atoms. The standard InChI is InChI=1S/C10H19N5O3/c1-13-9(8(6-11)15(17)18)14-4-2-10(16,7-12)3-5-14/h6,16H,2-5,7,11-12H2,1H3/b8-6+,13-9?. The van der Waals surface area contributed by atoms with Gasteiger partial charge in [-0.15, -0.1) is 0 Å². The molecular formula is C10H19N5O3. The highest BCUT2D eigenvalue weighted by molar-refractivity contribution is 5.96. The average Bonchev–Trinajstić information content (AvgIpc) is 2.36. The van der Waals surface area contributed by atoms with E-state index in [4.69, 9.17) is 11.5 Å². The number of aliphatic hydroxyl groups is 1. The minimum atomic E-state index is -0.878. The SMILES string of the molecule is CN=C(/C(=C\N)[N+](=O)[O-])N1CCC(O)(CN)CC1. The highest BCUT2D eigenvalue weighted by atomic mass is 16.6. The zero-order valence-electron chi connectivity index (χ0n) is 10.4. The number of hydrogen-bond acceptors (Lipinski definition) is 6. The second-order valence-corrected chi connectivity index (χ2v) is 4.27. The Balaban J connectivity index is 2.80. The van der Waals surface area contributed by atoms with Crippen molar-refractivity contribution in [2.45, 2.75) is 18.4 Å². The third kappa shape index (κ3) is 2.96. The fourth-order valence-corrected chi connectivity index (χ4v) is 1.97. The maximum Gasteiger partial charge on any atom is 0.326 e. The molecule has 0 radical (unpaired) electrons. The maximum absolute atomic E-state index is 10.8. The molecule has 1 aliphatic heterocycles. The Labute approximate surface area is 105 Å². The lowest BCUT2D eigenvalue weighted by Crippen LogP contribution is -2.51. The van der Waals surface area contributed by atoms with Crippen LogP contribution < -0.4 is 11.5 Å². The number of amidine groups is 1. The van der Waals surface area contributed by atoms with Gasteiger partial charge in [-0.3, -0.25) is 15.1 Å². The van der Waals surface area contributed by atoms with Crippen molar-refractivity contribution in [3.05, 3.63) is 22.0 Å². The summed E-state index contributed by atoms with van der Waals surface area (Å²) in [5.41, 5.74) is 9.64. The summed E-state index contributed by atoms with van der Waals surface area (Å²) in [6.45, 7) is 1.12. The number of piperidine rings is 1. The van der Waals surface area contributed by atoms with Crippen LogP contribution in [-0.2, 0) is 0 Å². The number of nitrogens with two attached hydrogens (primary N) is 2. The van der Waals surface area contributed by atoms with Crippen molar-refractivity contribution in [1.29, 1.82) is 0 Å². The molecule has 0 aromatic heterocycles. The lowest BCUT2D eigenvalue weighted by atomic mass is 9.91. The molecule has 0 bridgehead atoms. The third-order valence-corrected chi connectivity index (χ3v) is 3.17. The average molecular weight is 257 g/mol. The van der Waals surface area contributed by atoms with Gasteiger partial charge < -0.3 is 21.5 Å². The molecule has 0 aromatic rings. The first-order valence-electron chi connectivity index (χ1n) is 5.68. The molecule has 1 aliphatic rings. The summed E-state index contributed by atoms with van der Waals surface area (Å²) in [5.74, 6) is 0.238. The molecule has 0 atom stereocenters. The van der Waals surface area contributed by atoms with E-state index in [-0.39, 0.29) is 18.1 Å². The fourth-order valence-electron chi connectivity index (χ4n) is 1.97. The summed E-state index contributed by atoms with van der Waals surface area (Å²) in [5, 5.41) is 20.8. The number of nitro groups is 1. The van der Waals surface area contributed by atoms with Crippen LogP contribution in [0.25, 0.3) is 0 Å². The summed E-state index contributed by atoms with van der Waals surface area (Å²) in [6.07, 6.45) is 1.85. The van der Waals surface area contributed by atoms with Crippen LogP contribution in [-0.4, -0.2) is 53.0 Å². The Hall–Kier alpha value is -1.67. The van der Waals surface area contributed by atoms with Gasteiger partial charge in [0.15, 0.2) is 0 Å². The summed E-state index contributed by atoms with van der Waals surface area (Å²) in [4.78, 5) is 15.9. The van der Waals surface area contributed by atoms with Gasteiger partial charge in [-0.1, -0.05) is 0 Å². The van der Waals surface area contributed by atoms with Crippen molar-refractivity contribution >= 4 is 5.84 Å². The molecule has 0 aliphatic carbocycles. The molecule has 0 aromatic carbocycles. The van der Waals surface area contributed by atoms with Gasteiger partial charge >= 0.3 is 5.70 Å². The fraction of sp³-hybridized carbons (Fsp3) is 0.700. The number of nitrogens with zero attached hydrogens (tertiary/aromatic N) is 3. The Morgan fingerprint density at radius 3 is 2.50 bits per heavy atom. The quantitative estimate of drug-likeness (QED) is 0.254. The highest BCUT2D eigenvalue weighted by Crippen LogP contribution is 2.22. The van der Waals surface area contributed by atoms with Crippen LogP contribution in [0.1, 0.15) is 12.8 Å². The van der Waals surface area contributed by atoms with Crippen LogP contribution in [0, 0.1) is 10.1 Å². The Morgan fingerprint density at radius 2 is 2.17 bits per heavy atom. The topological polar surface area (TPSA) is 131 Å². The first-order chi connectivity index (χ1) is 8.47. The molecule has 1 heterocycles. The summed E-state index contributed by atoms with van der Waals surface area (Å²) in [7, 11) is 1.48. The predicted octanol–water partition coefficient (Wildman–Crippen LogP) is -1.12. The van der Waals surface area contributed by atoms with Gasteiger partial charge in [-0.2, -0.15) is 0 Å². The number of aliphatic imine (C=N–C) groups is 1. The van der Waals surface area contributed by atoms with Gasteiger partial charge in [0.05, 0.1) is 16.7 Å². The third-order valence-electron chi connectivity index (χ3n) is 3.17. The van der Waals surface area contributed by atoms with E-state index in [0.717, 1.165) is 6.20 Å². The van der Waals surface area contributed by atoms with Gasteiger partial charge in [-0.05, 0) is 12.8 Å². The van der Waals surface area contributed by atoms with Crippen molar-refractivity contribution in [2.24, 2.45) is 16.5 Å². The van der Waals surface area contributed by atoms with Crippen molar-refractivity contribution in [3.8, 4) is 0 Å². The van der Waals surface area contributed by atoms with Crippen LogP contribution in [0.4, 0.5) is 0 Å². The zero-order valence-corrected chi connectivity index (χ0v) is 10.4. The minimum Gasteiger partial charge on any atom is -0.399 e.